The fourth-order valence-electron chi connectivity index (χ4n) is 2.77. The van der Waals surface area contributed by atoms with E-state index < -0.39 is 9.84 Å². The zero-order valence-electron chi connectivity index (χ0n) is 12.3. The topological polar surface area (TPSA) is 63.4 Å². The highest BCUT2D eigenvalue weighted by atomic mass is 35.5. The van der Waals surface area contributed by atoms with Gasteiger partial charge in [0.25, 0.3) is 0 Å². The molecule has 1 heterocycles. The molecule has 0 radical (unpaired) electrons. The van der Waals surface area contributed by atoms with Crippen LogP contribution < -0.4 is 5.73 Å². The molecule has 1 aliphatic heterocycles. The van der Waals surface area contributed by atoms with Gasteiger partial charge in [-0.15, -0.1) is 0 Å². The van der Waals surface area contributed by atoms with Crippen molar-refractivity contribution in [3.8, 4) is 0 Å². The Hall–Kier alpha value is -0.620. The van der Waals surface area contributed by atoms with Gasteiger partial charge in [-0.05, 0) is 43.1 Å². The molecule has 0 aliphatic carbocycles. The molecular weight excluding hydrogens is 308 g/mol. The molecule has 4 nitrogen and oxygen atoms in total. The van der Waals surface area contributed by atoms with Crippen molar-refractivity contribution in [1.82, 2.24) is 4.90 Å². The molecule has 0 aromatic heterocycles. The summed E-state index contributed by atoms with van der Waals surface area (Å²) in [7, 11) is -3.25. The lowest BCUT2D eigenvalue weighted by Crippen LogP contribution is -2.47. The number of likely N-dealkylation sites (tertiary alicyclic amines) is 1. The van der Waals surface area contributed by atoms with Crippen LogP contribution in [0.3, 0.4) is 0 Å². The minimum absolute atomic E-state index is 0.139. The predicted octanol–water partition coefficient (Wildman–Crippen LogP) is 2.17. The Morgan fingerprint density at radius 2 is 2.00 bits per heavy atom. The molecule has 0 saturated carbocycles. The highest BCUT2D eigenvalue weighted by Gasteiger charge is 2.26. The second-order valence-corrected chi connectivity index (χ2v) is 8.24. The van der Waals surface area contributed by atoms with Gasteiger partial charge in [0.2, 0.25) is 0 Å². The summed E-state index contributed by atoms with van der Waals surface area (Å²) in [5.41, 5.74) is 6.08. The van der Waals surface area contributed by atoms with Crippen LogP contribution in [0, 0.1) is 5.92 Å². The van der Waals surface area contributed by atoms with Gasteiger partial charge in [0.1, 0.15) is 0 Å². The first-order valence-electron chi connectivity index (χ1n) is 7.38. The van der Waals surface area contributed by atoms with Gasteiger partial charge in [0.05, 0.1) is 10.6 Å². The molecule has 2 N–H and O–H groups in total. The number of sulfone groups is 1. The maximum atomic E-state index is 12.3. The van der Waals surface area contributed by atoms with Gasteiger partial charge in [0, 0.05) is 24.2 Å². The molecule has 1 aromatic rings. The zero-order chi connectivity index (χ0) is 15.5. The summed E-state index contributed by atoms with van der Waals surface area (Å²) < 4.78 is 24.6. The molecule has 0 bridgehead atoms. The molecule has 118 valence electrons. The minimum atomic E-state index is -3.25. The minimum Gasteiger partial charge on any atom is -0.327 e. The molecule has 1 saturated heterocycles. The Kier molecular flexibility index (Phi) is 5.66. The van der Waals surface area contributed by atoms with Gasteiger partial charge in [0.15, 0.2) is 9.84 Å². The quantitative estimate of drug-likeness (QED) is 0.898. The highest BCUT2D eigenvalue weighted by Crippen LogP contribution is 2.20. The standard InChI is InChI=1S/C15H23ClN2O2S/c1-2-12-11-18(8-7-15(12)17)9-10-21(19,20)14-5-3-13(16)4-6-14/h3-6,12,15H,2,7-11,17H2,1H3. The van der Waals surface area contributed by atoms with E-state index in [2.05, 4.69) is 11.8 Å². The van der Waals surface area contributed by atoms with E-state index in [1.54, 1.807) is 24.3 Å². The van der Waals surface area contributed by atoms with Gasteiger partial charge in [-0.3, -0.25) is 0 Å². The Morgan fingerprint density at radius 1 is 1.33 bits per heavy atom. The first-order valence-corrected chi connectivity index (χ1v) is 9.41. The normalized spacial score (nSPS) is 24.1. The monoisotopic (exact) mass is 330 g/mol. The van der Waals surface area contributed by atoms with Gasteiger partial charge in [-0.2, -0.15) is 0 Å². The molecule has 1 aliphatic rings. The fourth-order valence-corrected chi connectivity index (χ4v) is 4.18. The Balaban J connectivity index is 1.94. The van der Waals surface area contributed by atoms with Crippen LogP contribution in [0.1, 0.15) is 19.8 Å². The van der Waals surface area contributed by atoms with Crippen molar-refractivity contribution in [2.45, 2.75) is 30.7 Å². The number of benzene rings is 1. The van der Waals surface area contributed by atoms with Crippen molar-refractivity contribution >= 4 is 21.4 Å². The van der Waals surface area contributed by atoms with Crippen molar-refractivity contribution in [1.29, 1.82) is 0 Å². The first-order chi connectivity index (χ1) is 9.92. The number of piperidine rings is 1. The van der Waals surface area contributed by atoms with E-state index in [1.165, 1.54) is 0 Å². The van der Waals surface area contributed by atoms with E-state index in [0.29, 0.717) is 22.4 Å². The number of nitrogens with zero attached hydrogens (tertiary/aromatic N) is 1. The Labute approximate surface area is 132 Å². The van der Waals surface area contributed by atoms with Crippen LogP contribution >= 0.6 is 11.6 Å². The second-order valence-electron chi connectivity index (χ2n) is 5.69. The molecule has 21 heavy (non-hydrogen) atoms. The molecule has 2 atom stereocenters. The molecule has 0 spiro atoms. The van der Waals surface area contributed by atoms with Crippen molar-refractivity contribution < 1.29 is 8.42 Å². The van der Waals surface area contributed by atoms with Crippen LogP contribution in [0.15, 0.2) is 29.2 Å². The molecule has 2 unspecified atom stereocenters. The van der Waals surface area contributed by atoms with Crippen molar-refractivity contribution in [2.75, 3.05) is 25.4 Å². The summed E-state index contributed by atoms with van der Waals surface area (Å²) in [5.74, 6) is 0.609. The number of nitrogens with two attached hydrogens (primary N) is 1. The predicted molar refractivity (Wildman–Crippen MR) is 86.3 cm³/mol. The van der Waals surface area contributed by atoms with Gasteiger partial charge in [-0.1, -0.05) is 24.9 Å². The van der Waals surface area contributed by atoms with E-state index in [-0.39, 0.29) is 11.8 Å². The summed E-state index contributed by atoms with van der Waals surface area (Å²) in [6, 6.07) is 6.61. The van der Waals surface area contributed by atoms with E-state index in [9.17, 15) is 8.42 Å². The number of hydrogen-bond donors (Lipinski definition) is 1. The van der Waals surface area contributed by atoms with Crippen LogP contribution in [0.2, 0.25) is 5.02 Å². The van der Waals surface area contributed by atoms with Crippen molar-refractivity contribution in [3.05, 3.63) is 29.3 Å². The van der Waals surface area contributed by atoms with Crippen LogP contribution in [0.25, 0.3) is 0 Å². The summed E-state index contributed by atoms with van der Waals surface area (Å²) in [5, 5.41) is 0.546. The SMILES string of the molecule is CCC1CN(CCS(=O)(=O)c2ccc(Cl)cc2)CCC1N. The average Bonchev–Trinajstić information content (AvgIpc) is 2.47. The van der Waals surface area contributed by atoms with Gasteiger partial charge >= 0.3 is 0 Å². The molecule has 0 amide bonds. The van der Waals surface area contributed by atoms with Crippen LogP contribution in [0.4, 0.5) is 0 Å². The van der Waals surface area contributed by atoms with Gasteiger partial charge < -0.3 is 10.6 Å². The summed E-state index contributed by atoms with van der Waals surface area (Å²) >= 11 is 5.79. The lowest BCUT2D eigenvalue weighted by atomic mass is 9.91. The molecule has 1 aromatic carbocycles. The lowest BCUT2D eigenvalue weighted by molar-refractivity contribution is 0.159. The van der Waals surface area contributed by atoms with Crippen LogP contribution in [-0.2, 0) is 9.84 Å². The third-order valence-electron chi connectivity index (χ3n) is 4.25. The van der Waals surface area contributed by atoms with Crippen molar-refractivity contribution in [3.63, 3.8) is 0 Å². The maximum Gasteiger partial charge on any atom is 0.179 e. The van der Waals surface area contributed by atoms with Crippen molar-refractivity contribution in [2.24, 2.45) is 11.7 Å². The Morgan fingerprint density at radius 3 is 2.62 bits per heavy atom. The third-order valence-corrected chi connectivity index (χ3v) is 6.21. The van der Waals surface area contributed by atoms with E-state index in [0.717, 1.165) is 25.9 Å². The molecule has 6 heteroatoms. The first kappa shape index (κ1) is 16.7. The summed E-state index contributed by atoms with van der Waals surface area (Å²) in [4.78, 5) is 2.55. The third kappa shape index (κ3) is 4.42. The van der Waals surface area contributed by atoms with E-state index >= 15 is 0 Å². The number of rotatable bonds is 5. The molecule has 1 fully saturated rings. The maximum absolute atomic E-state index is 12.3. The summed E-state index contributed by atoms with van der Waals surface area (Å²) in [6.07, 6.45) is 1.99. The second kappa shape index (κ2) is 7.09. The average molecular weight is 331 g/mol. The summed E-state index contributed by atoms with van der Waals surface area (Å²) in [6.45, 7) is 4.48. The molecular formula is C15H23ClN2O2S. The molecule has 2 rings (SSSR count). The van der Waals surface area contributed by atoms with Crippen LogP contribution in [-0.4, -0.2) is 44.7 Å². The number of hydrogen-bond acceptors (Lipinski definition) is 4. The number of halogens is 1. The largest absolute Gasteiger partial charge is 0.327 e. The van der Waals surface area contributed by atoms with E-state index in [1.807, 2.05) is 0 Å². The lowest BCUT2D eigenvalue weighted by Gasteiger charge is -2.36. The smallest absolute Gasteiger partial charge is 0.179 e. The fraction of sp³-hybridized carbons (Fsp3) is 0.600. The highest BCUT2D eigenvalue weighted by molar-refractivity contribution is 7.91. The Bertz CT molecular complexity index is 560. The zero-order valence-corrected chi connectivity index (χ0v) is 13.9. The van der Waals surface area contributed by atoms with Gasteiger partial charge in [-0.25, -0.2) is 8.42 Å². The van der Waals surface area contributed by atoms with E-state index in [4.69, 9.17) is 17.3 Å². The van der Waals surface area contributed by atoms with Crippen LogP contribution in [0.5, 0.6) is 0 Å².